The van der Waals surface area contributed by atoms with Crippen molar-refractivity contribution in [3.63, 3.8) is 0 Å². The van der Waals surface area contributed by atoms with E-state index in [9.17, 15) is 4.39 Å². The molecule has 0 aliphatic heterocycles. The van der Waals surface area contributed by atoms with Crippen molar-refractivity contribution in [3.05, 3.63) is 62.4 Å². The lowest BCUT2D eigenvalue weighted by molar-refractivity contribution is 0.620. The molecule has 0 aliphatic rings. The Bertz CT molecular complexity index is 656. The maximum Gasteiger partial charge on any atom is 0.137 e. The van der Waals surface area contributed by atoms with Crippen molar-refractivity contribution >= 4 is 21.6 Å². The molecule has 2 aromatic rings. The van der Waals surface area contributed by atoms with Gasteiger partial charge in [-0.05, 0) is 84.9 Å². The molecule has 0 heterocycles. The Labute approximate surface area is 134 Å². The van der Waals surface area contributed by atoms with Crippen molar-refractivity contribution in [1.29, 1.82) is 0 Å². The van der Waals surface area contributed by atoms with Crippen LogP contribution in [0.15, 0.2) is 28.7 Å². The average molecular weight is 350 g/mol. The van der Waals surface area contributed by atoms with Gasteiger partial charge >= 0.3 is 0 Å². The highest BCUT2D eigenvalue weighted by Gasteiger charge is 2.14. The van der Waals surface area contributed by atoms with Crippen LogP contribution < -0.4 is 5.32 Å². The molecule has 0 bridgehead atoms. The fraction of sp³-hybridized carbons (Fsp3) is 0.333. The maximum absolute atomic E-state index is 13.5. The molecule has 1 atom stereocenters. The molecule has 0 saturated carbocycles. The number of halogens is 2. The molecule has 0 aromatic heterocycles. The molecule has 3 heteroatoms. The molecule has 2 rings (SSSR count). The third kappa shape index (κ3) is 3.46. The fourth-order valence-electron chi connectivity index (χ4n) is 2.98. The minimum atomic E-state index is -0.228. The zero-order valence-corrected chi connectivity index (χ0v) is 14.7. The van der Waals surface area contributed by atoms with Crippen molar-refractivity contribution in [3.8, 4) is 0 Å². The van der Waals surface area contributed by atoms with Crippen LogP contribution in [0.2, 0.25) is 0 Å². The van der Waals surface area contributed by atoms with E-state index in [1.165, 1.54) is 22.3 Å². The molecular weight excluding hydrogens is 329 g/mol. The summed E-state index contributed by atoms with van der Waals surface area (Å²) in [5.74, 6) is -0.228. The molecular formula is C18H21BrFN. The third-order valence-electron chi connectivity index (χ3n) is 3.81. The summed E-state index contributed by atoms with van der Waals surface area (Å²) in [5, 5.41) is 3.50. The van der Waals surface area contributed by atoms with E-state index in [2.05, 4.69) is 61.1 Å². The summed E-state index contributed by atoms with van der Waals surface area (Å²) < 4.78 is 14.0. The van der Waals surface area contributed by atoms with E-state index in [1.54, 1.807) is 12.1 Å². The first-order valence-corrected chi connectivity index (χ1v) is 7.89. The first-order chi connectivity index (χ1) is 9.79. The van der Waals surface area contributed by atoms with Crippen molar-refractivity contribution in [2.45, 2.75) is 40.7 Å². The molecule has 112 valence electrons. The number of benzene rings is 2. The van der Waals surface area contributed by atoms with Gasteiger partial charge in [0.25, 0.3) is 0 Å². The Morgan fingerprint density at radius 1 is 0.952 bits per heavy atom. The minimum absolute atomic E-state index is 0.168. The van der Waals surface area contributed by atoms with Crippen molar-refractivity contribution in [2.24, 2.45) is 0 Å². The predicted octanol–water partition coefficient (Wildman–Crippen LogP) is 5.99. The number of anilines is 1. The Morgan fingerprint density at radius 3 is 2.10 bits per heavy atom. The van der Waals surface area contributed by atoms with Gasteiger partial charge in [0.2, 0.25) is 0 Å². The normalized spacial score (nSPS) is 12.3. The summed E-state index contributed by atoms with van der Waals surface area (Å²) in [6.07, 6.45) is 0. The minimum Gasteiger partial charge on any atom is -0.378 e. The highest BCUT2D eigenvalue weighted by molar-refractivity contribution is 9.10. The summed E-state index contributed by atoms with van der Waals surface area (Å²) in [5.41, 5.74) is 7.01. The van der Waals surface area contributed by atoms with Gasteiger partial charge in [0, 0.05) is 11.7 Å². The molecule has 0 aliphatic carbocycles. The average Bonchev–Trinajstić information content (AvgIpc) is 2.34. The van der Waals surface area contributed by atoms with E-state index in [0.717, 1.165) is 11.3 Å². The summed E-state index contributed by atoms with van der Waals surface area (Å²) in [7, 11) is 0. The van der Waals surface area contributed by atoms with Gasteiger partial charge in [-0.25, -0.2) is 4.39 Å². The summed E-state index contributed by atoms with van der Waals surface area (Å²) in [4.78, 5) is 0. The lowest BCUT2D eigenvalue weighted by Gasteiger charge is -2.22. The smallest absolute Gasteiger partial charge is 0.137 e. The molecule has 2 aromatic carbocycles. The van der Waals surface area contributed by atoms with Gasteiger partial charge in [-0.1, -0.05) is 17.7 Å². The Balaban J connectivity index is 2.35. The van der Waals surface area contributed by atoms with Crippen LogP contribution in [0.5, 0.6) is 0 Å². The molecule has 0 spiro atoms. The molecule has 0 saturated heterocycles. The maximum atomic E-state index is 13.5. The SMILES string of the molecule is Cc1cc(C)c(C(C)Nc2cc(Br)c(F)cc2C)c(C)c1. The number of rotatable bonds is 3. The van der Waals surface area contributed by atoms with Crippen LogP contribution in [-0.2, 0) is 0 Å². The van der Waals surface area contributed by atoms with E-state index < -0.39 is 0 Å². The summed E-state index contributed by atoms with van der Waals surface area (Å²) >= 11 is 3.25. The molecule has 0 radical (unpaired) electrons. The van der Waals surface area contributed by atoms with Gasteiger partial charge in [0.05, 0.1) is 4.47 Å². The van der Waals surface area contributed by atoms with Crippen LogP contribution in [0.25, 0.3) is 0 Å². The van der Waals surface area contributed by atoms with Crippen LogP contribution in [0.1, 0.15) is 40.8 Å². The third-order valence-corrected chi connectivity index (χ3v) is 4.42. The van der Waals surface area contributed by atoms with Gasteiger partial charge in [-0.15, -0.1) is 0 Å². The summed E-state index contributed by atoms with van der Waals surface area (Å²) in [6.45, 7) is 10.5. The van der Waals surface area contributed by atoms with Crippen molar-refractivity contribution < 1.29 is 4.39 Å². The van der Waals surface area contributed by atoms with Gasteiger partial charge in [0.1, 0.15) is 5.82 Å². The number of hydrogen-bond donors (Lipinski definition) is 1. The van der Waals surface area contributed by atoms with E-state index in [1.807, 2.05) is 6.92 Å². The van der Waals surface area contributed by atoms with Crippen LogP contribution in [0, 0.1) is 33.5 Å². The largest absolute Gasteiger partial charge is 0.378 e. The number of hydrogen-bond acceptors (Lipinski definition) is 1. The molecule has 0 amide bonds. The second-order valence-electron chi connectivity index (χ2n) is 5.76. The van der Waals surface area contributed by atoms with Crippen LogP contribution >= 0.6 is 15.9 Å². The van der Waals surface area contributed by atoms with Crippen LogP contribution in [-0.4, -0.2) is 0 Å². The first kappa shape index (κ1) is 16.0. The second-order valence-corrected chi connectivity index (χ2v) is 6.61. The Hall–Kier alpha value is -1.35. The standard InChI is InChI=1S/C18H21BrFN/c1-10-6-12(3)18(13(4)7-10)14(5)21-17-9-15(19)16(20)8-11(17)2/h6-9,14,21H,1-5H3. The van der Waals surface area contributed by atoms with E-state index >= 15 is 0 Å². The zero-order valence-electron chi connectivity index (χ0n) is 13.1. The fourth-order valence-corrected chi connectivity index (χ4v) is 3.32. The van der Waals surface area contributed by atoms with Gasteiger partial charge < -0.3 is 5.32 Å². The van der Waals surface area contributed by atoms with Crippen LogP contribution in [0.4, 0.5) is 10.1 Å². The molecule has 21 heavy (non-hydrogen) atoms. The molecule has 1 N–H and O–H groups in total. The highest BCUT2D eigenvalue weighted by atomic mass is 79.9. The Kier molecular flexibility index (Phi) is 4.72. The lowest BCUT2D eigenvalue weighted by Crippen LogP contribution is -2.11. The predicted molar refractivity (Wildman–Crippen MR) is 91.5 cm³/mol. The monoisotopic (exact) mass is 349 g/mol. The van der Waals surface area contributed by atoms with Crippen molar-refractivity contribution in [2.75, 3.05) is 5.32 Å². The molecule has 1 unspecified atom stereocenters. The van der Waals surface area contributed by atoms with Crippen molar-refractivity contribution in [1.82, 2.24) is 0 Å². The lowest BCUT2D eigenvalue weighted by atomic mass is 9.94. The zero-order chi connectivity index (χ0) is 15.7. The molecule has 1 nitrogen and oxygen atoms in total. The highest BCUT2D eigenvalue weighted by Crippen LogP contribution is 2.30. The van der Waals surface area contributed by atoms with Gasteiger partial charge in [-0.3, -0.25) is 0 Å². The van der Waals surface area contributed by atoms with E-state index in [0.29, 0.717) is 4.47 Å². The second kappa shape index (κ2) is 6.18. The van der Waals surface area contributed by atoms with Gasteiger partial charge in [0.15, 0.2) is 0 Å². The van der Waals surface area contributed by atoms with Crippen LogP contribution in [0.3, 0.4) is 0 Å². The number of aryl methyl sites for hydroxylation is 4. The van der Waals surface area contributed by atoms with E-state index in [-0.39, 0.29) is 11.9 Å². The topological polar surface area (TPSA) is 12.0 Å². The summed E-state index contributed by atoms with van der Waals surface area (Å²) in [6, 6.07) is 7.93. The molecule has 0 fully saturated rings. The quantitative estimate of drug-likeness (QED) is 0.716. The first-order valence-electron chi connectivity index (χ1n) is 7.09. The Morgan fingerprint density at radius 2 is 1.52 bits per heavy atom. The van der Waals surface area contributed by atoms with E-state index in [4.69, 9.17) is 0 Å². The number of nitrogens with one attached hydrogen (secondary N) is 1. The van der Waals surface area contributed by atoms with Gasteiger partial charge in [-0.2, -0.15) is 0 Å².